The molecule has 0 bridgehead atoms. The Morgan fingerprint density at radius 2 is 1.92 bits per heavy atom. The number of para-hydroxylation sites is 1. The summed E-state index contributed by atoms with van der Waals surface area (Å²) in [6, 6.07) is 9.68. The lowest BCUT2D eigenvalue weighted by Gasteiger charge is -2.25. The second kappa shape index (κ2) is 4.28. The number of hydrogen-bond donors (Lipinski definition) is 1. The maximum absolute atomic E-state index is 5.94. The van der Waals surface area contributed by atoms with Crippen LogP contribution in [0.2, 0.25) is 0 Å². The summed E-state index contributed by atoms with van der Waals surface area (Å²) in [5, 5.41) is 0. The Bertz CT molecular complexity index is 244. The van der Waals surface area contributed by atoms with E-state index < -0.39 is 5.72 Å². The SMILES string of the molecule is CCCC(C)(N)Oc1ccccc1. The van der Waals surface area contributed by atoms with Crippen molar-refractivity contribution in [3.8, 4) is 5.75 Å². The molecule has 0 saturated carbocycles. The van der Waals surface area contributed by atoms with E-state index in [0.717, 1.165) is 18.6 Å². The molecule has 0 fully saturated rings. The van der Waals surface area contributed by atoms with E-state index in [1.165, 1.54) is 0 Å². The van der Waals surface area contributed by atoms with Crippen LogP contribution < -0.4 is 10.5 Å². The van der Waals surface area contributed by atoms with Gasteiger partial charge in [-0.3, -0.25) is 5.73 Å². The highest BCUT2D eigenvalue weighted by Gasteiger charge is 2.18. The van der Waals surface area contributed by atoms with Crippen LogP contribution in [0.5, 0.6) is 5.75 Å². The van der Waals surface area contributed by atoms with E-state index in [9.17, 15) is 0 Å². The highest BCUT2D eigenvalue weighted by Crippen LogP contribution is 2.17. The molecule has 0 aliphatic heterocycles. The minimum Gasteiger partial charge on any atom is -0.473 e. The minimum absolute atomic E-state index is 0.546. The topological polar surface area (TPSA) is 35.2 Å². The predicted molar refractivity (Wildman–Crippen MR) is 54.6 cm³/mol. The van der Waals surface area contributed by atoms with Crippen molar-refractivity contribution in [1.29, 1.82) is 0 Å². The van der Waals surface area contributed by atoms with Gasteiger partial charge in [-0.05, 0) is 19.1 Å². The molecule has 2 nitrogen and oxygen atoms in total. The van der Waals surface area contributed by atoms with E-state index in [2.05, 4.69) is 6.92 Å². The molecule has 72 valence electrons. The van der Waals surface area contributed by atoms with E-state index >= 15 is 0 Å². The maximum Gasteiger partial charge on any atom is 0.155 e. The van der Waals surface area contributed by atoms with Crippen LogP contribution in [0.4, 0.5) is 0 Å². The van der Waals surface area contributed by atoms with Crippen LogP contribution in [0.25, 0.3) is 0 Å². The average molecular weight is 179 g/mol. The molecule has 0 saturated heterocycles. The van der Waals surface area contributed by atoms with Crippen LogP contribution in [0.1, 0.15) is 26.7 Å². The van der Waals surface area contributed by atoms with Crippen molar-refractivity contribution in [2.45, 2.75) is 32.4 Å². The van der Waals surface area contributed by atoms with E-state index in [4.69, 9.17) is 10.5 Å². The number of hydrogen-bond acceptors (Lipinski definition) is 2. The van der Waals surface area contributed by atoms with Crippen LogP contribution in [0, 0.1) is 0 Å². The molecule has 1 aromatic rings. The van der Waals surface area contributed by atoms with Gasteiger partial charge in [0.25, 0.3) is 0 Å². The molecule has 1 rings (SSSR count). The molecular formula is C11H17NO. The standard InChI is InChI=1S/C11H17NO/c1-3-9-11(2,12)13-10-7-5-4-6-8-10/h4-8H,3,9,12H2,1-2H3. The molecule has 1 atom stereocenters. The van der Waals surface area contributed by atoms with E-state index in [0.29, 0.717) is 0 Å². The monoisotopic (exact) mass is 179 g/mol. The summed E-state index contributed by atoms with van der Waals surface area (Å²) in [4.78, 5) is 0. The lowest BCUT2D eigenvalue weighted by molar-refractivity contribution is 0.0854. The Morgan fingerprint density at radius 1 is 1.31 bits per heavy atom. The van der Waals surface area contributed by atoms with Crippen molar-refractivity contribution >= 4 is 0 Å². The lowest BCUT2D eigenvalue weighted by atomic mass is 10.1. The van der Waals surface area contributed by atoms with E-state index in [-0.39, 0.29) is 0 Å². The van der Waals surface area contributed by atoms with Crippen LogP contribution in [-0.2, 0) is 0 Å². The zero-order chi connectivity index (χ0) is 9.73. The molecule has 0 heterocycles. The van der Waals surface area contributed by atoms with Gasteiger partial charge in [0.2, 0.25) is 0 Å². The van der Waals surface area contributed by atoms with Gasteiger partial charge in [0.1, 0.15) is 5.75 Å². The third kappa shape index (κ3) is 3.47. The largest absolute Gasteiger partial charge is 0.473 e. The van der Waals surface area contributed by atoms with Gasteiger partial charge in [-0.1, -0.05) is 31.5 Å². The zero-order valence-corrected chi connectivity index (χ0v) is 8.29. The summed E-state index contributed by atoms with van der Waals surface area (Å²) in [7, 11) is 0. The summed E-state index contributed by atoms with van der Waals surface area (Å²) >= 11 is 0. The first-order valence-corrected chi connectivity index (χ1v) is 4.67. The van der Waals surface area contributed by atoms with Gasteiger partial charge in [-0.25, -0.2) is 0 Å². The molecular weight excluding hydrogens is 162 g/mol. The molecule has 0 spiro atoms. The Morgan fingerprint density at radius 3 is 2.46 bits per heavy atom. The number of benzene rings is 1. The van der Waals surface area contributed by atoms with Gasteiger partial charge in [0.15, 0.2) is 5.72 Å². The third-order valence-corrected chi connectivity index (χ3v) is 1.84. The number of ether oxygens (including phenoxy) is 1. The Balaban J connectivity index is 2.58. The summed E-state index contributed by atoms with van der Waals surface area (Å²) < 4.78 is 5.62. The molecule has 13 heavy (non-hydrogen) atoms. The quantitative estimate of drug-likeness (QED) is 0.721. The molecule has 2 N–H and O–H groups in total. The molecule has 0 aromatic heterocycles. The lowest BCUT2D eigenvalue weighted by Crippen LogP contribution is -2.42. The normalized spacial score (nSPS) is 15.0. The summed E-state index contributed by atoms with van der Waals surface area (Å²) in [6.07, 6.45) is 1.89. The van der Waals surface area contributed by atoms with Crippen LogP contribution in [0.3, 0.4) is 0 Å². The summed E-state index contributed by atoms with van der Waals surface area (Å²) in [6.45, 7) is 4.00. The molecule has 0 amide bonds. The van der Waals surface area contributed by atoms with Crippen LogP contribution in [0.15, 0.2) is 30.3 Å². The molecule has 0 aliphatic rings. The van der Waals surface area contributed by atoms with E-state index in [1.807, 2.05) is 37.3 Å². The number of rotatable bonds is 4. The summed E-state index contributed by atoms with van der Waals surface area (Å²) in [5.74, 6) is 0.834. The fraction of sp³-hybridized carbons (Fsp3) is 0.455. The average Bonchev–Trinajstić information content (AvgIpc) is 2.04. The van der Waals surface area contributed by atoms with Gasteiger partial charge < -0.3 is 4.74 Å². The molecule has 0 aliphatic carbocycles. The van der Waals surface area contributed by atoms with Crippen molar-refractivity contribution in [2.24, 2.45) is 5.73 Å². The Kier molecular flexibility index (Phi) is 3.32. The van der Waals surface area contributed by atoms with Crippen molar-refractivity contribution < 1.29 is 4.74 Å². The van der Waals surface area contributed by atoms with Gasteiger partial charge in [0.05, 0.1) is 0 Å². The second-order valence-corrected chi connectivity index (χ2v) is 3.48. The van der Waals surface area contributed by atoms with Gasteiger partial charge in [0, 0.05) is 6.42 Å². The smallest absolute Gasteiger partial charge is 0.155 e. The van der Waals surface area contributed by atoms with Crippen molar-refractivity contribution in [3.63, 3.8) is 0 Å². The first-order valence-electron chi connectivity index (χ1n) is 4.67. The summed E-state index contributed by atoms with van der Waals surface area (Å²) in [5.41, 5.74) is 5.39. The molecule has 2 heteroatoms. The highest BCUT2D eigenvalue weighted by molar-refractivity contribution is 5.21. The van der Waals surface area contributed by atoms with Gasteiger partial charge in [-0.15, -0.1) is 0 Å². The zero-order valence-electron chi connectivity index (χ0n) is 8.29. The molecule has 0 radical (unpaired) electrons. The second-order valence-electron chi connectivity index (χ2n) is 3.48. The third-order valence-electron chi connectivity index (χ3n) is 1.84. The minimum atomic E-state index is -0.546. The van der Waals surface area contributed by atoms with E-state index in [1.54, 1.807) is 0 Å². The van der Waals surface area contributed by atoms with Crippen LogP contribution in [-0.4, -0.2) is 5.72 Å². The van der Waals surface area contributed by atoms with Crippen molar-refractivity contribution in [3.05, 3.63) is 30.3 Å². The van der Waals surface area contributed by atoms with Crippen molar-refractivity contribution in [1.82, 2.24) is 0 Å². The fourth-order valence-corrected chi connectivity index (χ4v) is 1.31. The van der Waals surface area contributed by atoms with Gasteiger partial charge >= 0.3 is 0 Å². The predicted octanol–water partition coefficient (Wildman–Crippen LogP) is 2.54. The first-order chi connectivity index (χ1) is 6.14. The maximum atomic E-state index is 5.94. The van der Waals surface area contributed by atoms with Gasteiger partial charge in [-0.2, -0.15) is 0 Å². The first kappa shape index (κ1) is 10.1. The Labute approximate surface area is 79.7 Å². The number of nitrogens with two attached hydrogens (primary N) is 1. The fourth-order valence-electron chi connectivity index (χ4n) is 1.31. The van der Waals surface area contributed by atoms with Crippen molar-refractivity contribution in [2.75, 3.05) is 0 Å². The molecule has 1 aromatic carbocycles. The van der Waals surface area contributed by atoms with Crippen LogP contribution >= 0.6 is 0 Å². The highest BCUT2D eigenvalue weighted by atomic mass is 16.5. The molecule has 1 unspecified atom stereocenters. The Hall–Kier alpha value is -1.02.